The zero-order valence-electron chi connectivity index (χ0n) is 12.4. The van der Waals surface area contributed by atoms with E-state index in [-0.39, 0.29) is 18.1 Å². The minimum atomic E-state index is -1.12. The van der Waals surface area contributed by atoms with Crippen molar-refractivity contribution in [3.8, 4) is 0 Å². The molecular formula is C15H16ClNO5. The molecule has 0 aliphatic carbocycles. The fourth-order valence-corrected chi connectivity index (χ4v) is 2.00. The maximum Gasteiger partial charge on any atom is 0.381 e. The molecule has 1 aromatic carbocycles. The number of carbonyl (C=O) groups is 2. The molecule has 0 radical (unpaired) electrons. The normalized spacial score (nSPS) is 18.3. The second-order valence-electron chi connectivity index (χ2n) is 5.06. The number of carbonyl (C=O) groups excluding carboxylic acids is 2. The van der Waals surface area contributed by atoms with E-state index in [2.05, 4.69) is 5.32 Å². The molecule has 1 heterocycles. The van der Waals surface area contributed by atoms with E-state index >= 15 is 0 Å². The lowest BCUT2D eigenvalue weighted by Gasteiger charge is -2.14. The summed E-state index contributed by atoms with van der Waals surface area (Å²) in [7, 11) is 1.28. The number of halogens is 1. The van der Waals surface area contributed by atoms with Gasteiger partial charge in [-0.15, -0.1) is 0 Å². The number of amides is 1. The molecule has 1 fully saturated rings. The molecule has 1 aliphatic rings. The summed E-state index contributed by atoms with van der Waals surface area (Å²) in [5.41, 5.74) is 0.855. The van der Waals surface area contributed by atoms with Crippen LogP contribution in [0.15, 0.2) is 35.8 Å². The van der Waals surface area contributed by atoms with Crippen LogP contribution in [0.1, 0.15) is 19.4 Å². The summed E-state index contributed by atoms with van der Waals surface area (Å²) in [6.45, 7) is 3.39. The van der Waals surface area contributed by atoms with Gasteiger partial charge in [-0.3, -0.25) is 4.79 Å². The molecule has 0 atom stereocenters. The van der Waals surface area contributed by atoms with Gasteiger partial charge < -0.3 is 19.5 Å². The van der Waals surface area contributed by atoms with E-state index < -0.39 is 17.7 Å². The average Bonchev–Trinajstić information content (AvgIpc) is 2.72. The van der Waals surface area contributed by atoms with Crippen molar-refractivity contribution >= 4 is 23.5 Å². The zero-order chi connectivity index (χ0) is 16.3. The lowest BCUT2D eigenvalue weighted by atomic mass is 10.2. The van der Waals surface area contributed by atoms with Gasteiger partial charge in [0.1, 0.15) is 0 Å². The Labute approximate surface area is 133 Å². The summed E-state index contributed by atoms with van der Waals surface area (Å²) in [6, 6.07) is 7.01. The number of benzene rings is 1. The molecule has 0 unspecified atom stereocenters. The highest BCUT2D eigenvalue weighted by Crippen LogP contribution is 2.28. The smallest absolute Gasteiger partial charge is 0.381 e. The van der Waals surface area contributed by atoms with Crippen molar-refractivity contribution < 1.29 is 23.8 Å². The van der Waals surface area contributed by atoms with Crippen LogP contribution in [0.4, 0.5) is 0 Å². The van der Waals surface area contributed by atoms with Crippen LogP contribution in [0.2, 0.25) is 5.02 Å². The van der Waals surface area contributed by atoms with Crippen molar-refractivity contribution in [3.05, 3.63) is 46.4 Å². The second kappa shape index (κ2) is 6.27. The number of methoxy groups -OCH3 is 1. The Hall–Kier alpha value is -2.21. The van der Waals surface area contributed by atoms with Crippen molar-refractivity contribution in [2.24, 2.45) is 0 Å². The fraction of sp³-hybridized carbons (Fsp3) is 0.333. The predicted octanol–water partition coefficient (Wildman–Crippen LogP) is 2.12. The Morgan fingerprint density at radius 3 is 2.41 bits per heavy atom. The number of hydrogen-bond donors (Lipinski definition) is 1. The number of nitrogens with one attached hydrogen (secondary N) is 1. The van der Waals surface area contributed by atoms with Gasteiger partial charge in [-0.25, -0.2) is 4.79 Å². The highest BCUT2D eigenvalue weighted by molar-refractivity contribution is 6.30. The summed E-state index contributed by atoms with van der Waals surface area (Å²) in [5.74, 6) is -2.87. The minimum absolute atomic E-state index is 0.218. The molecule has 22 heavy (non-hydrogen) atoms. The highest BCUT2D eigenvalue weighted by Gasteiger charge is 2.41. The Morgan fingerprint density at radius 1 is 1.27 bits per heavy atom. The van der Waals surface area contributed by atoms with Crippen molar-refractivity contribution in [2.45, 2.75) is 26.2 Å². The molecule has 0 saturated carbocycles. The van der Waals surface area contributed by atoms with Gasteiger partial charge in [0.15, 0.2) is 0 Å². The van der Waals surface area contributed by atoms with Crippen molar-refractivity contribution in [2.75, 3.05) is 7.11 Å². The summed E-state index contributed by atoms with van der Waals surface area (Å²) in [5, 5.41) is 3.25. The second-order valence-corrected chi connectivity index (χ2v) is 5.50. The van der Waals surface area contributed by atoms with E-state index in [1.807, 2.05) is 0 Å². The van der Waals surface area contributed by atoms with E-state index in [0.29, 0.717) is 5.02 Å². The number of ether oxygens (including phenoxy) is 3. The summed E-state index contributed by atoms with van der Waals surface area (Å²) in [6.07, 6.45) is 0. The molecule has 1 aromatic rings. The molecule has 1 saturated heterocycles. The topological polar surface area (TPSA) is 73.9 Å². The van der Waals surface area contributed by atoms with E-state index in [9.17, 15) is 9.59 Å². The minimum Gasteiger partial charge on any atom is -0.488 e. The summed E-state index contributed by atoms with van der Waals surface area (Å²) >= 11 is 5.79. The molecule has 2 rings (SSSR count). The summed E-state index contributed by atoms with van der Waals surface area (Å²) in [4.78, 5) is 23.9. The Balaban J connectivity index is 2.09. The standard InChI is InChI=1S/C15H16ClNO5/c1-15(2)21-12(14(19)22-15)11(20-3)13(18)17-8-9-4-6-10(16)7-5-9/h4-7H,8H2,1-3H3,(H,17,18). The first-order valence-electron chi connectivity index (χ1n) is 6.55. The summed E-state index contributed by atoms with van der Waals surface area (Å²) < 4.78 is 15.3. The van der Waals surface area contributed by atoms with E-state index in [1.165, 1.54) is 7.11 Å². The lowest BCUT2D eigenvalue weighted by Crippen LogP contribution is -2.27. The highest BCUT2D eigenvalue weighted by atomic mass is 35.5. The van der Waals surface area contributed by atoms with Gasteiger partial charge in [-0.1, -0.05) is 23.7 Å². The molecule has 0 aromatic heterocycles. The molecule has 7 heteroatoms. The van der Waals surface area contributed by atoms with Gasteiger partial charge in [0.25, 0.3) is 11.7 Å². The molecule has 0 spiro atoms. The SMILES string of the molecule is COC(C(=O)NCc1ccc(Cl)cc1)=C1OC(C)(C)OC1=O. The third-order valence-corrected chi connectivity index (χ3v) is 3.11. The van der Waals surface area contributed by atoms with Crippen LogP contribution in [-0.4, -0.2) is 24.8 Å². The molecule has 1 amide bonds. The first kappa shape index (κ1) is 16.2. The third-order valence-electron chi connectivity index (χ3n) is 2.85. The van der Waals surface area contributed by atoms with E-state index in [4.69, 9.17) is 25.8 Å². The third kappa shape index (κ3) is 3.71. The quantitative estimate of drug-likeness (QED) is 0.521. The van der Waals surface area contributed by atoms with Crippen molar-refractivity contribution in [1.82, 2.24) is 5.32 Å². The van der Waals surface area contributed by atoms with E-state index in [1.54, 1.807) is 38.1 Å². The number of cyclic esters (lactones) is 1. The first-order chi connectivity index (χ1) is 10.3. The van der Waals surface area contributed by atoms with Crippen LogP contribution in [0.3, 0.4) is 0 Å². The van der Waals surface area contributed by atoms with Crippen LogP contribution >= 0.6 is 11.6 Å². The monoisotopic (exact) mass is 325 g/mol. The predicted molar refractivity (Wildman–Crippen MR) is 78.6 cm³/mol. The van der Waals surface area contributed by atoms with Gasteiger partial charge in [-0.05, 0) is 17.7 Å². The molecule has 6 nitrogen and oxygen atoms in total. The van der Waals surface area contributed by atoms with Crippen molar-refractivity contribution in [3.63, 3.8) is 0 Å². The van der Waals surface area contributed by atoms with Gasteiger partial charge >= 0.3 is 5.97 Å². The van der Waals surface area contributed by atoms with Gasteiger partial charge in [0.05, 0.1) is 7.11 Å². The van der Waals surface area contributed by atoms with Crippen LogP contribution < -0.4 is 5.32 Å². The van der Waals surface area contributed by atoms with Gasteiger partial charge in [0, 0.05) is 25.4 Å². The molecule has 118 valence electrons. The lowest BCUT2D eigenvalue weighted by molar-refractivity contribution is -0.159. The van der Waals surface area contributed by atoms with Crippen LogP contribution in [0.5, 0.6) is 0 Å². The molecule has 0 bridgehead atoms. The van der Waals surface area contributed by atoms with Crippen molar-refractivity contribution in [1.29, 1.82) is 0 Å². The Morgan fingerprint density at radius 2 is 1.91 bits per heavy atom. The van der Waals surface area contributed by atoms with Crippen LogP contribution in [-0.2, 0) is 30.3 Å². The number of rotatable bonds is 4. The van der Waals surface area contributed by atoms with E-state index in [0.717, 1.165) is 5.56 Å². The van der Waals surface area contributed by atoms with Gasteiger partial charge in [0.2, 0.25) is 11.5 Å². The number of esters is 1. The maximum absolute atomic E-state index is 12.2. The van der Waals surface area contributed by atoms with Gasteiger partial charge in [-0.2, -0.15) is 0 Å². The first-order valence-corrected chi connectivity index (χ1v) is 6.93. The molecule has 1 aliphatic heterocycles. The molecular weight excluding hydrogens is 310 g/mol. The average molecular weight is 326 g/mol. The molecule has 1 N–H and O–H groups in total. The fourth-order valence-electron chi connectivity index (χ4n) is 1.87. The van der Waals surface area contributed by atoms with Crippen LogP contribution in [0.25, 0.3) is 0 Å². The number of hydrogen-bond acceptors (Lipinski definition) is 5. The van der Waals surface area contributed by atoms with Crippen LogP contribution in [0, 0.1) is 0 Å². The Kier molecular flexibility index (Phi) is 4.61. The largest absolute Gasteiger partial charge is 0.488 e. The zero-order valence-corrected chi connectivity index (χ0v) is 13.2. The Bertz CT molecular complexity index is 621. The maximum atomic E-state index is 12.2.